The first-order valence-corrected chi connectivity index (χ1v) is 10.8. The lowest BCUT2D eigenvalue weighted by Crippen LogP contribution is -2.35. The van der Waals surface area contributed by atoms with Crippen LogP contribution in [0.5, 0.6) is 0 Å². The molecule has 0 unspecified atom stereocenters. The first kappa shape index (κ1) is 17.1. The molecule has 0 bridgehead atoms. The van der Waals surface area contributed by atoms with Crippen molar-refractivity contribution >= 4 is 39.2 Å². The number of carbonyl (C=O) groups excluding carboxylic acids is 1. The lowest BCUT2D eigenvalue weighted by Gasteiger charge is -2.17. The molecule has 2 heterocycles. The van der Waals surface area contributed by atoms with Gasteiger partial charge in [-0.2, -0.15) is 0 Å². The Morgan fingerprint density at radius 1 is 1.44 bits per heavy atom. The molecular weight excluding hydrogens is 354 g/mol. The van der Waals surface area contributed by atoms with Gasteiger partial charge in [0, 0.05) is 10.9 Å². The van der Waals surface area contributed by atoms with Gasteiger partial charge in [0.05, 0.1) is 11.1 Å². The molecule has 0 aliphatic heterocycles. The number of thioether (sulfide) groups is 1. The van der Waals surface area contributed by atoms with Gasteiger partial charge in [-0.15, -0.1) is 11.3 Å². The molecule has 5 nitrogen and oxygen atoms in total. The summed E-state index contributed by atoms with van der Waals surface area (Å²) in [4.78, 5) is 34.2. The van der Waals surface area contributed by atoms with Crippen LogP contribution in [0.2, 0.25) is 0 Å². The Kier molecular flexibility index (Phi) is 4.62. The largest absolute Gasteiger partial charge is 0.353 e. The van der Waals surface area contributed by atoms with Crippen LogP contribution in [0.25, 0.3) is 10.2 Å². The predicted molar refractivity (Wildman–Crippen MR) is 102 cm³/mol. The number of amides is 1. The first-order chi connectivity index (χ1) is 12.0. The van der Waals surface area contributed by atoms with Gasteiger partial charge in [0.25, 0.3) is 5.56 Å². The quantitative estimate of drug-likeness (QED) is 0.620. The van der Waals surface area contributed by atoms with E-state index < -0.39 is 0 Å². The number of fused-ring (bicyclic) bond motifs is 3. The van der Waals surface area contributed by atoms with Gasteiger partial charge in [-0.25, -0.2) is 4.98 Å². The Hall–Kier alpha value is -1.34. The van der Waals surface area contributed by atoms with Crippen LogP contribution in [0, 0.1) is 11.8 Å². The number of nitrogens with one attached hydrogen (secondary N) is 2. The van der Waals surface area contributed by atoms with Crippen molar-refractivity contribution < 1.29 is 4.79 Å². The molecular formula is C18H23N3O2S2. The van der Waals surface area contributed by atoms with Gasteiger partial charge in [-0.05, 0) is 56.4 Å². The van der Waals surface area contributed by atoms with Crippen molar-refractivity contribution in [3.05, 3.63) is 20.8 Å². The van der Waals surface area contributed by atoms with E-state index in [1.807, 2.05) is 0 Å². The summed E-state index contributed by atoms with van der Waals surface area (Å²) in [6, 6.07) is 0.244. The van der Waals surface area contributed by atoms with E-state index in [1.165, 1.54) is 35.0 Å². The number of H-pyrrole nitrogens is 1. The Balaban J connectivity index is 1.49. The average molecular weight is 378 g/mol. The number of nitrogens with zero attached hydrogens (tertiary/aromatic N) is 1. The van der Waals surface area contributed by atoms with Crippen LogP contribution < -0.4 is 10.9 Å². The standard InChI is InChI=1S/C18H23N3O2S2/c1-9-3-6-12-13(7-9)25-17-15(12)16(23)20-18(21-17)24-8-14(22)19-10(2)11-4-5-11/h9-11H,3-8H2,1-2H3,(H,19,22)(H,20,21,23)/t9-,10-/m0/s1. The minimum atomic E-state index is -0.0636. The van der Waals surface area contributed by atoms with E-state index in [0.29, 0.717) is 17.0 Å². The fraction of sp³-hybridized carbons (Fsp3) is 0.611. The van der Waals surface area contributed by atoms with Crippen molar-refractivity contribution in [2.24, 2.45) is 11.8 Å². The number of hydrogen-bond acceptors (Lipinski definition) is 5. The maximum absolute atomic E-state index is 12.5. The van der Waals surface area contributed by atoms with Crippen molar-refractivity contribution in [1.82, 2.24) is 15.3 Å². The smallest absolute Gasteiger partial charge is 0.260 e. The second kappa shape index (κ2) is 6.76. The molecule has 1 saturated carbocycles. The number of aryl methyl sites for hydroxylation is 1. The highest BCUT2D eigenvalue weighted by Crippen LogP contribution is 2.36. The summed E-state index contributed by atoms with van der Waals surface area (Å²) in [7, 11) is 0. The van der Waals surface area contributed by atoms with Gasteiger partial charge >= 0.3 is 0 Å². The third-order valence-electron chi connectivity index (χ3n) is 5.20. The van der Waals surface area contributed by atoms with Gasteiger partial charge in [0.1, 0.15) is 4.83 Å². The lowest BCUT2D eigenvalue weighted by atomic mass is 9.89. The Morgan fingerprint density at radius 2 is 2.24 bits per heavy atom. The van der Waals surface area contributed by atoms with Crippen LogP contribution in [0.1, 0.15) is 43.6 Å². The molecule has 25 heavy (non-hydrogen) atoms. The van der Waals surface area contributed by atoms with Crippen molar-refractivity contribution in [3.8, 4) is 0 Å². The Morgan fingerprint density at radius 3 is 3.00 bits per heavy atom. The minimum absolute atomic E-state index is 0.00597. The van der Waals surface area contributed by atoms with Crippen molar-refractivity contribution in [2.75, 3.05) is 5.75 Å². The molecule has 4 rings (SSSR count). The van der Waals surface area contributed by atoms with Crippen molar-refractivity contribution in [3.63, 3.8) is 0 Å². The number of carbonyl (C=O) groups is 1. The summed E-state index contributed by atoms with van der Waals surface area (Å²) in [6.07, 6.45) is 5.56. The monoisotopic (exact) mass is 377 g/mol. The number of thiophene rings is 1. The van der Waals surface area contributed by atoms with E-state index in [-0.39, 0.29) is 23.3 Å². The number of aromatic amines is 1. The van der Waals surface area contributed by atoms with Crippen molar-refractivity contribution in [2.45, 2.75) is 57.1 Å². The van der Waals surface area contributed by atoms with E-state index in [9.17, 15) is 9.59 Å². The molecule has 134 valence electrons. The molecule has 2 N–H and O–H groups in total. The van der Waals surface area contributed by atoms with E-state index in [2.05, 4.69) is 29.1 Å². The van der Waals surface area contributed by atoms with Crippen LogP contribution in [0.15, 0.2) is 9.95 Å². The summed E-state index contributed by atoms with van der Waals surface area (Å²) in [6.45, 7) is 4.32. The second-order valence-electron chi connectivity index (χ2n) is 7.39. The van der Waals surface area contributed by atoms with Gasteiger partial charge < -0.3 is 10.3 Å². The van der Waals surface area contributed by atoms with Crippen LogP contribution in [0.3, 0.4) is 0 Å². The summed E-state index contributed by atoms with van der Waals surface area (Å²) >= 11 is 2.95. The Bertz CT molecular complexity index is 869. The SMILES string of the molecule is C[C@H]1CCc2c(sc3nc(SCC(=O)N[C@@H](C)C4CC4)[nH]c(=O)c23)C1. The summed E-state index contributed by atoms with van der Waals surface area (Å²) in [5.41, 5.74) is 1.13. The van der Waals surface area contributed by atoms with Gasteiger partial charge in [0.2, 0.25) is 5.91 Å². The zero-order valence-corrected chi connectivity index (χ0v) is 16.2. The van der Waals surface area contributed by atoms with Gasteiger partial charge in [-0.3, -0.25) is 9.59 Å². The van der Waals surface area contributed by atoms with E-state index in [0.717, 1.165) is 29.5 Å². The molecule has 0 aromatic carbocycles. The summed E-state index contributed by atoms with van der Waals surface area (Å²) in [5, 5.41) is 4.34. The highest BCUT2D eigenvalue weighted by Gasteiger charge is 2.29. The maximum atomic E-state index is 12.5. The summed E-state index contributed by atoms with van der Waals surface area (Å²) < 4.78 is 0. The number of rotatable bonds is 5. The van der Waals surface area contributed by atoms with Crippen LogP contribution >= 0.6 is 23.1 Å². The molecule has 7 heteroatoms. The fourth-order valence-electron chi connectivity index (χ4n) is 3.54. The zero-order valence-electron chi connectivity index (χ0n) is 14.6. The van der Waals surface area contributed by atoms with Gasteiger partial charge in [-0.1, -0.05) is 18.7 Å². The molecule has 1 fully saturated rings. The lowest BCUT2D eigenvalue weighted by molar-refractivity contribution is -0.119. The van der Waals surface area contributed by atoms with Gasteiger partial charge in [0.15, 0.2) is 5.16 Å². The fourth-order valence-corrected chi connectivity index (χ4v) is 5.65. The third kappa shape index (κ3) is 3.62. The highest BCUT2D eigenvalue weighted by atomic mass is 32.2. The van der Waals surface area contributed by atoms with E-state index >= 15 is 0 Å². The number of hydrogen-bond donors (Lipinski definition) is 2. The first-order valence-electron chi connectivity index (χ1n) is 8.98. The topological polar surface area (TPSA) is 74.8 Å². The zero-order chi connectivity index (χ0) is 17.6. The maximum Gasteiger partial charge on any atom is 0.260 e. The molecule has 1 amide bonds. The molecule has 2 aliphatic rings. The molecule has 0 spiro atoms. The second-order valence-corrected chi connectivity index (χ2v) is 9.43. The molecule has 2 aliphatic carbocycles. The summed E-state index contributed by atoms with van der Waals surface area (Å²) in [5.74, 6) is 1.60. The molecule has 2 atom stereocenters. The van der Waals surface area contributed by atoms with Crippen molar-refractivity contribution in [1.29, 1.82) is 0 Å². The third-order valence-corrected chi connectivity index (χ3v) is 7.22. The van der Waals surface area contributed by atoms with E-state index in [4.69, 9.17) is 0 Å². The average Bonchev–Trinajstić information content (AvgIpc) is 3.34. The Labute approximate surface area is 155 Å². The predicted octanol–water partition coefficient (Wildman–Crippen LogP) is 3.12. The van der Waals surface area contributed by atoms with Crippen LogP contribution in [0.4, 0.5) is 0 Å². The minimum Gasteiger partial charge on any atom is -0.353 e. The molecule has 2 aromatic rings. The molecule has 0 radical (unpaired) electrons. The van der Waals surface area contributed by atoms with E-state index in [1.54, 1.807) is 11.3 Å². The molecule has 2 aromatic heterocycles. The highest BCUT2D eigenvalue weighted by molar-refractivity contribution is 7.99. The molecule has 0 saturated heterocycles. The normalized spacial score (nSPS) is 21.1. The van der Waals surface area contributed by atoms with Crippen LogP contribution in [-0.2, 0) is 17.6 Å². The number of aromatic nitrogens is 2. The van der Waals surface area contributed by atoms with Crippen LogP contribution in [-0.4, -0.2) is 27.7 Å².